The molecule has 1 aliphatic rings. The summed E-state index contributed by atoms with van der Waals surface area (Å²) in [7, 11) is 0. The van der Waals surface area contributed by atoms with Crippen LogP contribution in [0, 0.1) is 23.5 Å². The fourth-order valence-electron chi connectivity index (χ4n) is 3.22. The maximum atomic E-state index is 13.8. The molecule has 1 nitrogen and oxygen atoms in total. The molecule has 0 aromatic heterocycles. The summed E-state index contributed by atoms with van der Waals surface area (Å²) < 4.78 is 26.7. The van der Waals surface area contributed by atoms with Gasteiger partial charge in [-0.1, -0.05) is 19.9 Å². The molecule has 106 valence electrons. The molecule has 1 aromatic rings. The number of rotatable bonds is 4. The van der Waals surface area contributed by atoms with Crippen molar-refractivity contribution in [1.82, 2.24) is 5.32 Å². The summed E-state index contributed by atoms with van der Waals surface area (Å²) in [5, 5.41) is 3.51. The van der Waals surface area contributed by atoms with Gasteiger partial charge in [0.15, 0.2) is 0 Å². The van der Waals surface area contributed by atoms with Crippen LogP contribution in [0.5, 0.6) is 0 Å². The molecule has 19 heavy (non-hydrogen) atoms. The number of benzene rings is 1. The summed E-state index contributed by atoms with van der Waals surface area (Å²) >= 11 is 0. The first-order chi connectivity index (χ1) is 9.10. The maximum absolute atomic E-state index is 13.8. The van der Waals surface area contributed by atoms with Gasteiger partial charge in [-0.25, -0.2) is 8.78 Å². The Hall–Kier alpha value is -0.960. The van der Waals surface area contributed by atoms with E-state index in [0.29, 0.717) is 29.9 Å². The highest BCUT2D eigenvalue weighted by Gasteiger charge is 2.28. The van der Waals surface area contributed by atoms with Crippen LogP contribution in [0.25, 0.3) is 0 Å². The Kier molecular flexibility index (Phi) is 4.92. The second-order valence-electron chi connectivity index (χ2n) is 5.78. The number of halogens is 2. The van der Waals surface area contributed by atoms with Crippen molar-refractivity contribution in [3.8, 4) is 0 Å². The minimum atomic E-state index is -0.499. The van der Waals surface area contributed by atoms with E-state index < -0.39 is 11.6 Å². The van der Waals surface area contributed by atoms with Crippen molar-refractivity contribution in [2.75, 3.05) is 6.54 Å². The Bertz CT molecular complexity index is 419. The summed E-state index contributed by atoms with van der Waals surface area (Å²) in [4.78, 5) is 0. The van der Waals surface area contributed by atoms with Gasteiger partial charge in [0.05, 0.1) is 0 Å². The van der Waals surface area contributed by atoms with E-state index in [0.717, 1.165) is 25.5 Å². The van der Waals surface area contributed by atoms with E-state index in [1.165, 1.54) is 12.5 Å². The highest BCUT2D eigenvalue weighted by atomic mass is 19.1. The molecule has 0 heterocycles. The first-order valence-electron chi connectivity index (χ1n) is 7.27. The molecular weight excluding hydrogens is 244 g/mol. The number of hydrogen-bond acceptors (Lipinski definition) is 1. The fourth-order valence-corrected chi connectivity index (χ4v) is 3.22. The van der Waals surface area contributed by atoms with E-state index in [9.17, 15) is 8.78 Å². The van der Waals surface area contributed by atoms with Gasteiger partial charge in [-0.05, 0) is 55.7 Å². The molecule has 1 fully saturated rings. The van der Waals surface area contributed by atoms with Crippen LogP contribution in [0.1, 0.15) is 38.7 Å². The van der Waals surface area contributed by atoms with Gasteiger partial charge in [0, 0.05) is 12.1 Å². The fraction of sp³-hybridized carbons (Fsp3) is 0.625. The molecule has 0 spiro atoms. The Morgan fingerprint density at radius 2 is 2.05 bits per heavy atom. The van der Waals surface area contributed by atoms with Gasteiger partial charge >= 0.3 is 0 Å². The molecule has 1 saturated carbocycles. The molecule has 1 aliphatic carbocycles. The molecule has 1 aromatic carbocycles. The van der Waals surface area contributed by atoms with Crippen molar-refractivity contribution in [3.05, 3.63) is 35.4 Å². The van der Waals surface area contributed by atoms with E-state index in [1.807, 2.05) is 0 Å². The second-order valence-corrected chi connectivity index (χ2v) is 5.78. The van der Waals surface area contributed by atoms with Crippen LogP contribution >= 0.6 is 0 Å². The van der Waals surface area contributed by atoms with E-state index in [4.69, 9.17) is 0 Å². The van der Waals surface area contributed by atoms with Crippen molar-refractivity contribution < 1.29 is 8.78 Å². The van der Waals surface area contributed by atoms with Gasteiger partial charge in [0.2, 0.25) is 0 Å². The molecule has 3 heteroatoms. The van der Waals surface area contributed by atoms with Crippen molar-refractivity contribution in [2.24, 2.45) is 11.8 Å². The van der Waals surface area contributed by atoms with Crippen LogP contribution in [-0.2, 0) is 6.42 Å². The number of nitrogens with one attached hydrogen (secondary N) is 1. The van der Waals surface area contributed by atoms with Gasteiger partial charge in [0.1, 0.15) is 11.6 Å². The predicted octanol–water partition coefficient (Wildman–Crippen LogP) is 3.92. The van der Waals surface area contributed by atoms with Crippen molar-refractivity contribution in [1.29, 1.82) is 0 Å². The SMILES string of the molecule is CCNC1CCC(C)CC1Cc1ccc(F)cc1F. The van der Waals surface area contributed by atoms with Crippen LogP contribution in [0.2, 0.25) is 0 Å². The predicted molar refractivity (Wildman–Crippen MR) is 74.0 cm³/mol. The average molecular weight is 267 g/mol. The topological polar surface area (TPSA) is 12.0 Å². The number of hydrogen-bond donors (Lipinski definition) is 1. The quantitative estimate of drug-likeness (QED) is 0.871. The molecule has 0 bridgehead atoms. The van der Waals surface area contributed by atoms with Crippen LogP contribution < -0.4 is 5.32 Å². The van der Waals surface area contributed by atoms with Crippen molar-refractivity contribution >= 4 is 0 Å². The van der Waals surface area contributed by atoms with Crippen LogP contribution in [0.4, 0.5) is 8.78 Å². The van der Waals surface area contributed by atoms with Gasteiger partial charge in [-0.2, -0.15) is 0 Å². The summed E-state index contributed by atoms with van der Waals surface area (Å²) in [6.45, 7) is 5.31. The Morgan fingerprint density at radius 1 is 1.26 bits per heavy atom. The lowest BCUT2D eigenvalue weighted by atomic mass is 9.76. The van der Waals surface area contributed by atoms with E-state index in [-0.39, 0.29) is 0 Å². The van der Waals surface area contributed by atoms with Gasteiger partial charge < -0.3 is 5.32 Å². The van der Waals surface area contributed by atoms with Gasteiger partial charge in [-0.15, -0.1) is 0 Å². The highest BCUT2D eigenvalue weighted by molar-refractivity contribution is 5.19. The van der Waals surface area contributed by atoms with Crippen LogP contribution in [0.15, 0.2) is 18.2 Å². The Labute approximate surface area is 114 Å². The zero-order chi connectivity index (χ0) is 13.8. The van der Waals surface area contributed by atoms with E-state index >= 15 is 0 Å². The molecule has 2 rings (SSSR count). The van der Waals surface area contributed by atoms with Gasteiger partial charge in [-0.3, -0.25) is 0 Å². The standard InChI is InChI=1S/C16H23F2N/c1-3-19-16-7-4-11(2)8-13(16)9-12-5-6-14(17)10-15(12)18/h5-6,10-11,13,16,19H,3-4,7-9H2,1-2H3. The molecule has 0 radical (unpaired) electrons. The van der Waals surface area contributed by atoms with E-state index in [1.54, 1.807) is 6.07 Å². The summed E-state index contributed by atoms with van der Waals surface area (Å²) in [6.07, 6.45) is 4.21. The summed E-state index contributed by atoms with van der Waals surface area (Å²) in [5.74, 6) is 0.238. The average Bonchev–Trinajstić information content (AvgIpc) is 2.36. The third kappa shape index (κ3) is 3.75. The van der Waals surface area contributed by atoms with Gasteiger partial charge in [0.25, 0.3) is 0 Å². The Balaban J connectivity index is 2.09. The third-order valence-corrected chi connectivity index (χ3v) is 4.21. The lowest BCUT2D eigenvalue weighted by Crippen LogP contribution is -2.41. The van der Waals surface area contributed by atoms with E-state index in [2.05, 4.69) is 19.2 Å². The smallest absolute Gasteiger partial charge is 0.129 e. The largest absolute Gasteiger partial charge is 0.314 e. The lowest BCUT2D eigenvalue weighted by Gasteiger charge is -2.35. The zero-order valence-corrected chi connectivity index (χ0v) is 11.8. The van der Waals surface area contributed by atoms with Crippen LogP contribution in [-0.4, -0.2) is 12.6 Å². The minimum absolute atomic E-state index is 0.409. The van der Waals surface area contributed by atoms with Crippen LogP contribution in [0.3, 0.4) is 0 Å². The Morgan fingerprint density at radius 3 is 2.74 bits per heavy atom. The normalized spacial score (nSPS) is 27.5. The molecule has 3 unspecified atom stereocenters. The lowest BCUT2D eigenvalue weighted by molar-refractivity contribution is 0.213. The second kappa shape index (κ2) is 6.47. The molecule has 0 saturated heterocycles. The molecule has 0 amide bonds. The molecule has 3 atom stereocenters. The molecule has 1 N–H and O–H groups in total. The molecule has 0 aliphatic heterocycles. The maximum Gasteiger partial charge on any atom is 0.129 e. The monoisotopic (exact) mass is 267 g/mol. The first kappa shape index (κ1) is 14.4. The minimum Gasteiger partial charge on any atom is -0.314 e. The summed E-state index contributed by atoms with van der Waals surface area (Å²) in [6, 6.07) is 4.40. The third-order valence-electron chi connectivity index (χ3n) is 4.21. The molecular formula is C16H23F2N. The zero-order valence-electron chi connectivity index (χ0n) is 11.8. The first-order valence-corrected chi connectivity index (χ1v) is 7.27. The van der Waals surface area contributed by atoms with Crippen molar-refractivity contribution in [3.63, 3.8) is 0 Å². The highest BCUT2D eigenvalue weighted by Crippen LogP contribution is 2.32. The summed E-state index contributed by atoms with van der Waals surface area (Å²) in [5.41, 5.74) is 0.642. The van der Waals surface area contributed by atoms with Crippen molar-refractivity contribution in [2.45, 2.75) is 45.6 Å².